The highest BCUT2D eigenvalue weighted by Gasteiger charge is 2.13. The largest absolute Gasteiger partial charge is 0.497 e. The van der Waals surface area contributed by atoms with Gasteiger partial charge in [-0.1, -0.05) is 23.7 Å². The van der Waals surface area contributed by atoms with Crippen molar-refractivity contribution in [2.24, 2.45) is 0 Å². The molecule has 90 valence electrons. The van der Waals surface area contributed by atoms with Gasteiger partial charge >= 0.3 is 0 Å². The number of aromatic nitrogens is 2. The summed E-state index contributed by atoms with van der Waals surface area (Å²) in [5.41, 5.74) is 6.94. The molecule has 0 aliphatic rings. The van der Waals surface area contributed by atoms with Crippen LogP contribution in [0.5, 0.6) is 5.75 Å². The fourth-order valence-corrected chi connectivity index (χ4v) is 1.81. The smallest absolute Gasteiger partial charge is 0.141 e. The molecule has 17 heavy (non-hydrogen) atoms. The summed E-state index contributed by atoms with van der Waals surface area (Å²) in [6.45, 7) is 2.02. The lowest BCUT2D eigenvalue weighted by Crippen LogP contribution is -2.11. The quantitative estimate of drug-likeness (QED) is 0.913. The average Bonchev–Trinajstić information content (AvgIpc) is 2.69. The summed E-state index contributed by atoms with van der Waals surface area (Å²) in [5.74, 6) is 1.31. The van der Waals surface area contributed by atoms with Gasteiger partial charge in [0.05, 0.1) is 19.3 Å². The standard InChI is InChI=1S/C12H14ClN3O/c1-8(16-12(14)11(13)7-15-16)9-3-5-10(17-2)6-4-9/h3-8H,14H2,1-2H3. The number of hydrogen-bond donors (Lipinski definition) is 1. The number of anilines is 1. The average molecular weight is 252 g/mol. The molecule has 0 spiro atoms. The first-order valence-electron chi connectivity index (χ1n) is 5.26. The van der Waals surface area contributed by atoms with Crippen molar-refractivity contribution < 1.29 is 4.74 Å². The van der Waals surface area contributed by atoms with Crippen LogP contribution in [0.1, 0.15) is 18.5 Å². The van der Waals surface area contributed by atoms with Gasteiger partial charge in [0.25, 0.3) is 0 Å². The van der Waals surface area contributed by atoms with Gasteiger partial charge < -0.3 is 10.5 Å². The number of methoxy groups -OCH3 is 1. The highest BCUT2D eigenvalue weighted by Crippen LogP contribution is 2.26. The topological polar surface area (TPSA) is 53.1 Å². The monoisotopic (exact) mass is 251 g/mol. The molecule has 1 aromatic heterocycles. The maximum atomic E-state index is 5.88. The van der Waals surface area contributed by atoms with Crippen LogP contribution in [0, 0.1) is 0 Å². The van der Waals surface area contributed by atoms with Gasteiger partial charge in [0.2, 0.25) is 0 Å². The van der Waals surface area contributed by atoms with Crippen LogP contribution in [-0.4, -0.2) is 16.9 Å². The maximum absolute atomic E-state index is 5.88. The molecule has 1 unspecified atom stereocenters. The molecule has 2 aromatic rings. The molecule has 1 atom stereocenters. The predicted molar refractivity (Wildman–Crippen MR) is 68.5 cm³/mol. The van der Waals surface area contributed by atoms with E-state index in [1.165, 1.54) is 0 Å². The van der Waals surface area contributed by atoms with Crippen LogP contribution in [-0.2, 0) is 0 Å². The second kappa shape index (κ2) is 4.67. The Hall–Kier alpha value is -1.68. The van der Waals surface area contributed by atoms with Gasteiger partial charge in [0.15, 0.2) is 0 Å². The normalized spacial score (nSPS) is 12.4. The molecule has 4 nitrogen and oxygen atoms in total. The van der Waals surface area contributed by atoms with E-state index in [9.17, 15) is 0 Å². The lowest BCUT2D eigenvalue weighted by atomic mass is 10.1. The third-order valence-electron chi connectivity index (χ3n) is 2.75. The summed E-state index contributed by atoms with van der Waals surface area (Å²) in [5, 5.41) is 4.64. The molecule has 1 heterocycles. The molecular formula is C12H14ClN3O. The third-order valence-corrected chi connectivity index (χ3v) is 3.04. The summed E-state index contributed by atoms with van der Waals surface area (Å²) < 4.78 is 6.81. The zero-order chi connectivity index (χ0) is 12.4. The summed E-state index contributed by atoms with van der Waals surface area (Å²) in [7, 11) is 1.64. The van der Waals surface area contributed by atoms with Crippen molar-refractivity contribution in [2.45, 2.75) is 13.0 Å². The molecule has 2 rings (SSSR count). The number of hydrogen-bond acceptors (Lipinski definition) is 3. The van der Waals surface area contributed by atoms with Gasteiger partial charge in [-0.2, -0.15) is 5.10 Å². The highest BCUT2D eigenvalue weighted by atomic mass is 35.5. The highest BCUT2D eigenvalue weighted by molar-refractivity contribution is 6.32. The zero-order valence-electron chi connectivity index (χ0n) is 9.72. The van der Waals surface area contributed by atoms with Gasteiger partial charge in [-0.25, -0.2) is 4.68 Å². The summed E-state index contributed by atoms with van der Waals surface area (Å²) in [6.07, 6.45) is 1.55. The molecule has 1 aromatic carbocycles. The molecule has 2 N–H and O–H groups in total. The van der Waals surface area contributed by atoms with Crippen molar-refractivity contribution in [1.29, 1.82) is 0 Å². The number of rotatable bonds is 3. The van der Waals surface area contributed by atoms with Gasteiger partial charge in [0, 0.05) is 0 Å². The van der Waals surface area contributed by atoms with Crippen LogP contribution in [0.25, 0.3) is 0 Å². The lowest BCUT2D eigenvalue weighted by molar-refractivity contribution is 0.414. The first-order valence-corrected chi connectivity index (χ1v) is 5.63. The molecule has 0 amide bonds. The van der Waals surface area contributed by atoms with Crippen LogP contribution < -0.4 is 10.5 Å². The van der Waals surface area contributed by atoms with Crippen LogP contribution in [0.2, 0.25) is 5.02 Å². The molecule has 5 heteroatoms. The van der Waals surface area contributed by atoms with Crippen molar-refractivity contribution in [2.75, 3.05) is 12.8 Å². The summed E-state index contributed by atoms with van der Waals surface area (Å²) >= 11 is 5.88. The summed E-state index contributed by atoms with van der Waals surface area (Å²) in [6, 6.07) is 7.82. The van der Waals surface area contributed by atoms with E-state index in [4.69, 9.17) is 22.1 Å². The van der Waals surface area contributed by atoms with Crippen LogP contribution in [0.15, 0.2) is 30.5 Å². The Morgan fingerprint density at radius 2 is 2.00 bits per heavy atom. The van der Waals surface area contributed by atoms with Crippen molar-refractivity contribution in [3.8, 4) is 5.75 Å². The van der Waals surface area contributed by atoms with E-state index in [0.29, 0.717) is 10.8 Å². The van der Waals surface area contributed by atoms with E-state index in [2.05, 4.69) is 5.10 Å². The Morgan fingerprint density at radius 1 is 1.35 bits per heavy atom. The Kier molecular flexibility index (Phi) is 3.24. The Morgan fingerprint density at radius 3 is 2.47 bits per heavy atom. The SMILES string of the molecule is COc1ccc(C(C)n2ncc(Cl)c2N)cc1. The van der Waals surface area contributed by atoms with Gasteiger partial charge in [-0.3, -0.25) is 0 Å². The van der Waals surface area contributed by atoms with Crippen LogP contribution >= 0.6 is 11.6 Å². The summed E-state index contributed by atoms with van der Waals surface area (Å²) in [4.78, 5) is 0. The van der Waals surface area contributed by atoms with Crippen molar-refractivity contribution in [3.63, 3.8) is 0 Å². The minimum atomic E-state index is 0.0356. The number of nitrogens with two attached hydrogens (primary N) is 1. The number of ether oxygens (including phenoxy) is 1. The number of benzene rings is 1. The number of nitrogens with zero attached hydrogens (tertiary/aromatic N) is 2. The van der Waals surface area contributed by atoms with Crippen LogP contribution in [0.3, 0.4) is 0 Å². The van der Waals surface area contributed by atoms with Crippen molar-refractivity contribution >= 4 is 17.4 Å². The third kappa shape index (κ3) is 2.22. The van der Waals surface area contributed by atoms with Gasteiger partial charge in [-0.05, 0) is 24.6 Å². The van der Waals surface area contributed by atoms with E-state index in [-0.39, 0.29) is 6.04 Å². The Balaban J connectivity index is 2.30. The Labute approximate surface area is 105 Å². The molecule has 0 bridgehead atoms. The Bertz CT molecular complexity index is 507. The van der Waals surface area contributed by atoms with Crippen LogP contribution in [0.4, 0.5) is 5.82 Å². The van der Waals surface area contributed by atoms with Gasteiger partial charge in [-0.15, -0.1) is 0 Å². The second-order valence-corrected chi connectivity index (χ2v) is 4.18. The molecule has 0 aliphatic carbocycles. The lowest BCUT2D eigenvalue weighted by Gasteiger charge is -2.14. The minimum Gasteiger partial charge on any atom is -0.497 e. The van der Waals surface area contributed by atoms with Crippen molar-refractivity contribution in [1.82, 2.24) is 9.78 Å². The van der Waals surface area contributed by atoms with E-state index in [0.717, 1.165) is 11.3 Å². The van der Waals surface area contributed by atoms with E-state index < -0.39 is 0 Å². The fourth-order valence-electron chi connectivity index (χ4n) is 1.68. The van der Waals surface area contributed by atoms with Crippen molar-refractivity contribution in [3.05, 3.63) is 41.0 Å². The zero-order valence-corrected chi connectivity index (χ0v) is 10.5. The predicted octanol–water partition coefficient (Wildman–Crippen LogP) is 2.74. The molecule has 0 fully saturated rings. The van der Waals surface area contributed by atoms with E-state index in [1.54, 1.807) is 18.0 Å². The van der Waals surface area contributed by atoms with E-state index >= 15 is 0 Å². The second-order valence-electron chi connectivity index (χ2n) is 3.77. The van der Waals surface area contributed by atoms with E-state index in [1.807, 2.05) is 31.2 Å². The molecule has 0 radical (unpaired) electrons. The first kappa shape index (κ1) is 11.8. The molecule has 0 aliphatic heterocycles. The first-order chi connectivity index (χ1) is 8.13. The minimum absolute atomic E-state index is 0.0356. The number of nitrogen functional groups attached to an aromatic ring is 1. The van der Waals surface area contributed by atoms with Gasteiger partial charge in [0.1, 0.15) is 16.6 Å². The molecular weight excluding hydrogens is 238 g/mol. The molecule has 0 saturated carbocycles. The number of halogens is 1. The maximum Gasteiger partial charge on any atom is 0.141 e. The fraction of sp³-hybridized carbons (Fsp3) is 0.250. The molecule has 0 saturated heterocycles.